The molecule has 1 aromatic heterocycles. The van der Waals surface area contributed by atoms with Gasteiger partial charge >= 0.3 is 0 Å². The molecular formula is C18H24N6O. The van der Waals surface area contributed by atoms with Gasteiger partial charge in [0.15, 0.2) is 0 Å². The summed E-state index contributed by atoms with van der Waals surface area (Å²) < 4.78 is 1.83. The van der Waals surface area contributed by atoms with Crippen LogP contribution >= 0.6 is 0 Å². The van der Waals surface area contributed by atoms with Crippen molar-refractivity contribution in [2.75, 3.05) is 44.7 Å². The van der Waals surface area contributed by atoms with Crippen LogP contribution in [0.4, 0.5) is 5.95 Å². The molecule has 3 heterocycles. The minimum Gasteiger partial charge on any atom is -0.304 e. The van der Waals surface area contributed by atoms with Gasteiger partial charge in [-0.1, -0.05) is 30.3 Å². The Morgan fingerprint density at radius 1 is 1.04 bits per heavy atom. The van der Waals surface area contributed by atoms with Crippen molar-refractivity contribution in [1.29, 1.82) is 0 Å². The largest absolute Gasteiger partial charge is 0.304 e. The van der Waals surface area contributed by atoms with Gasteiger partial charge in [0, 0.05) is 39.3 Å². The van der Waals surface area contributed by atoms with Crippen molar-refractivity contribution in [2.24, 2.45) is 0 Å². The van der Waals surface area contributed by atoms with E-state index in [1.165, 1.54) is 6.33 Å². The van der Waals surface area contributed by atoms with Crippen LogP contribution in [0.2, 0.25) is 0 Å². The number of carbonyl (C=O) groups excluding carboxylic acids is 1. The topological polar surface area (TPSA) is 57.5 Å². The fourth-order valence-corrected chi connectivity index (χ4v) is 3.68. The molecule has 0 radical (unpaired) electrons. The van der Waals surface area contributed by atoms with Crippen molar-refractivity contribution in [1.82, 2.24) is 24.6 Å². The van der Waals surface area contributed by atoms with E-state index in [-0.39, 0.29) is 11.9 Å². The second-order valence-corrected chi connectivity index (χ2v) is 6.78. The maximum atomic E-state index is 13.5. The Morgan fingerprint density at radius 2 is 1.80 bits per heavy atom. The lowest BCUT2D eigenvalue weighted by molar-refractivity contribution is -0.125. The highest BCUT2D eigenvalue weighted by molar-refractivity contribution is 5.96. The predicted octanol–water partition coefficient (Wildman–Crippen LogP) is 1.00. The van der Waals surface area contributed by atoms with Gasteiger partial charge in [0.05, 0.1) is 0 Å². The van der Waals surface area contributed by atoms with Gasteiger partial charge in [-0.3, -0.25) is 14.6 Å². The van der Waals surface area contributed by atoms with E-state index in [1.54, 1.807) is 0 Å². The smallest absolute Gasteiger partial charge is 0.251 e. The van der Waals surface area contributed by atoms with Crippen LogP contribution in [0.15, 0.2) is 36.7 Å². The Labute approximate surface area is 147 Å². The molecular weight excluding hydrogens is 316 g/mol. The summed E-state index contributed by atoms with van der Waals surface area (Å²) in [4.78, 5) is 24.3. The summed E-state index contributed by atoms with van der Waals surface area (Å²) in [7, 11) is 2.13. The van der Waals surface area contributed by atoms with Crippen LogP contribution in [0.1, 0.15) is 18.0 Å². The number of likely N-dealkylation sites (N-methyl/N-ethyl adjacent to an activating group) is 1. The van der Waals surface area contributed by atoms with Crippen LogP contribution in [0.25, 0.3) is 0 Å². The number of piperazine rings is 1. The normalized spacial score (nSPS) is 20.3. The van der Waals surface area contributed by atoms with Crippen molar-refractivity contribution < 1.29 is 4.79 Å². The molecule has 7 heteroatoms. The first kappa shape index (κ1) is 16.2. The van der Waals surface area contributed by atoms with Crippen LogP contribution in [0, 0.1) is 0 Å². The molecule has 7 nitrogen and oxygen atoms in total. The minimum atomic E-state index is -0.266. The summed E-state index contributed by atoms with van der Waals surface area (Å²) in [5.41, 5.74) is 1.05. The van der Waals surface area contributed by atoms with Gasteiger partial charge in [-0.25, -0.2) is 4.68 Å². The van der Waals surface area contributed by atoms with E-state index in [1.807, 2.05) is 27.8 Å². The Bertz CT molecular complexity index is 722. The molecule has 0 saturated carbocycles. The molecule has 2 aliphatic rings. The Kier molecular flexibility index (Phi) is 4.50. The van der Waals surface area contributed by atoms with Crippen LogP contribution in [0.5, 0.6) is 0 Å². The van der Waals surface area contributed by atoms with Crippen LogP contribution < -0.4 is 4.90 Å². The summed E-state index contributed by atoms with van der Waals surface area (Å²) in [6.07, 6.45) is 2.45. The van der Waals surface area contributed by atoms with Gasteiger partial charge in [-0.05, 0) is 19.0 Å². The highest BCUT2D eigenvalue weighted by Gasteiger charge is 2.35. The Balaban J connectivity index is 1.65. The number of aromatic nitrogens is 3. The molecule has 0 bridgehead atoms. The van der Waals surface area contributed by atoms with Crippen LogP contribution in [-0.4, -0.2) is 70.2 Å². The van der Waals surface area contributed by atoms with Crippen molar-refractivity contribution in [3.63, 3.8) is 0 Å². The first-order valence-corrected chi connectivity index (χ1v) is 8.91. The molecule has 0 aliphatic carbocycles. The molecule has 1 saturated heterocycles. The SMILES string of the molecule is CN1CCN(C(C(=O)N2CCCn3ncnc32)c2ccccc2)CC1. The molecule has 2 aromatic rings. The van der Waals surface area contributed by atoms with Crippen LogP contribution in [-0.2, 0) is 11.3 Å². The van der Waals surface area contributed by atoms with Gasteiger partial charge in [-0.2, -0.15) is 10.1 Å². The number of anilines is 1. The number of nitrogens with zero attached hydrogens (tertiary/aromatic N) is 6. The first-order chi connectivity index (χ1) is 12.2. The van der Waals surface area contributed by atoms with Crippen molar-refractivity contribution in [3.05, 3.63) is 42.2 Å². The van der Waals surface area contributed by atoms with E-state index < -0.39 is 0 Å². The number of aryl methyl sites for hydroxylation is 1. The van der Waals surface area contributed by atoms with Crippen molar-refractivity contribution in [3.8, 4) is 0 Å². The van der Waals surface area contributed by atoms with E-state index in [2.05, 4.69) is 39.1 Å². The monoisotopic (exact) mass is 340 g/mol. The second kappa shape index (κ2) is 6.93. The third-order valence-electron chi connectivity index (χ3n) is 5.11. The van der Waals surface area contributed by atoms with E-state index in [0.29, 0.717) is 12.5 Å². The van der Waals surface area contributed by atoms with E-state index in [4.69, 9.17) is 0 Å². The zero-order valence-electron chi connectivity index (χ0n) is 14.6. The average molecular weight is 340 g/mol. The van der Waals surface area contributed by atoms with Crippen molar-refractivity contribution in [2.45, 2.75) is 19.0 Å². The lowest BCUT2D eigenvalue weighted by Crippen LogP contribution is -2.51. The number of fused-ring (bicyclic) bond motifs is 1. The summed E-state index contributed by atoms with van der Waals surface area (Å²) in [5.74, 6) is 0.774. The van der Waals surface area contributed by atoms with E-state index in [0.717, 1.165) is 44.7 Å². The summed E-state index contributed by atoms with van der Waals surface area (Å²) in [5, 5.41) is 4.24. The molecule has 1 fully saturated rings. The molecule has 25 heavy (non-hydrogen) atoms. The molecule has 2 aliphatic heterocycles. The van der Waals surface area contributed by atoms with Gasteiger partial charge in [-0.15, -0.1) is 0 Å². The standard InChI is InChI=1S/C18H24N6O/c1-21-10-12-22(13-11-21)16(15-6-3-2-4-7-15)17(25)23-8-5-9-24-18(23)19-14-20-24/h2-4,6-7,14,16H,5,8-13H2,1H3. The van der Waals surface area contributed by atoms with E-state index >= 15 is 0 Å². The van der Waals surface area contributed by atoms with Crippen LogP contribution in [0.3, 0.4) is 0 Å². The summed E-state index contributed by atoms with van der Waals surface area (Å²) in [6, 6.07) is 9.84. The van der Waals surface area contributed by atoms with E-state index in [9.17, 15) is 4.79 Å². The van der Waals surface area contributed by atoms with Gasteiger partial charge < -0.3 is 4.90 Å². The maximum Gasteiger partial charge on any atom is 0.251 e. The average Bonchev–Trinajstić information content (AvgIpc) is 3.13. The number of benzene rings is 1. The quantitative estimate of drug-likeness (QED) is 0.834. The molecule has 4 rings (SSSR count). The highest BCUT2D eigenvalue weighted by Crippen LogP contribution is 2.28. The minimum absolute atomic E-state index is 0.102. The predicted molar refractivity (Wildman–Crippen MR) is 95.2 cm³/mol. The third-order valence-corrected chi connectivity index (χ3v) is 5.11. The number of hydrogen-bond acceptors (Lipinski definition) is 5. The molecule has 1 atom stereocenters. The number of carbonyl (C=O) groups is 1. The Hall–Kier alpha value is -2.25. The molecule has 1 aromatic carbocycles. The fourth-order valence-electron chi connectivity index (χ4n) is 3.68. The fraction of sp³-hybridized carbons (Fsp3) is 0.500. The van der Waals surface area contributed by atoms with Gasteiger partial charge in [0.1, 0.15) is 12.4 Å². The lowest BCUT2D eigenvalue weighted by Gasteiger charge is -2.39. The zero-order valence-corrected chi connectivity index (χ0v) is 14.6. The summed E-state index contributed by atoms with van der Waals surface area (Å²) in [6.45, 7) is 5.27. The zero-order chi connectivity index (χ0) is 17.2. The lowest BCUT2D eigenvalue weighted by atomic mass is 10.0. The molecule has 132 valence electrons. The maximum absolute atomic E-state index is 13.5. The second-order valence-electron chi connectivity index (χ2n) is 6.78. The van der Waals surface area contributed by atoms with Gasteiger partial charge in [0.2, 0.25) is 5.95 Å². The summed E-state index contributed by atoms with van der Waals surface area (Å²) >= 11 is 0. The molecule has 0 spiro atoms. The van der Waals surface area contributed by atoms with Gasteiger partial charge in [0.25, 0.3) is 5.91 Å². The number of rotatable bonds is 3. The third kappa shape index (κ3) is 3.17. The Morgan fingerprint density at radius 3 is 2.56 bits per heavy atom. The molecule has 1 unspecified atom stereocenters. The number of amides is 1. The number of hydrogen-bond donors (Lipinski definition) is 0. The molecule has 1 amide bonds. The van der Waals surface area contributed by atoms with Crippen molar-refractivity contribution >= 4 is 11.9 Å². The molecule has 0 N–H and O–H groups in total. The highest BCUT2D eigenvalue weighted by atomic mass is 16.2. The first-order valence-electron chi connectivity index (χ1n) is 8.91.